The third-order valence-electron chi connectivity index (χ3n) is 2.59. The van der Waals surface area contributed by atoms with Crippen LogP contribution < -0.4 is 26.0 Å². The van der Waals surface area contributed by atoms with Gasteiger partial charge in [-0.15, -0.1) is 5.10 Å². The fourth-order valence-electron chi connectivity index (χ4n) is 1.64. The molecule has 18 heavy (non-hydrogen) atoms. The highest BCUT2D eigenvalue weighted by Gasteiger charge is 2.12. The summed E-state index contributed by atoms with van der Waals surface area (Å²) in [5.74, 6) is 1.70. The molecule has 2 rings (SSSR count). The summed E-state index contributed by atoms with van der Waals surface area (Å²) in [6.45, 7) is 2.22. The Morgan fingerprint density at radius 3 is 2.89 bits per heavy atom. The lowest BCUT2D eigenvalue weighted by Gasteiger charge is -2.02. The van der Waals surface area contributed by atoms with E-state index in [4.69, 9.17) is 20.9 Å². The molecule has 0 aromatic heterocycles. The molecule has 0 fully saturated rings. The molecule has 6 heteroatoms. The van der Waals surface area contributed by atoms with Crippen LogP contribution in [0.25, 0.3) is 0 Å². The highest BCUT2D eigenvalue weighted by atomic mass is 16.7. The van der Waals surface area contributed by atoms with Crippen molar-refractivity contribution in [3.8, 4) is 11.5 Å². The van der Waals surface area contributed by atoms with Gasteiger partial charge in [-0.2, -0.15) is 5.10 Å². The Morgan fingerprint density at radius 1 is 1.33 bits per heavy atom. The van der Waals surface area contributed by atoms with Gasteiger partial charge in [0.25, 0.3) is 0 Å². The van der Waals surface area contributed by atoms with E-state index in [0.29, 0.717) is 6.79 Å². The zero-order valence-corrected chi connectivity index (χ0v) is 10.3. The van der Waals surface area contributed by atoms with Crippen molar-refractivity contribution in [1.29, 1.82) is 0 Å². The second-order valence-corrected chi connectivity index (χ2v) is 4.10. The molecule has 1 aliphatic rings. The van der Waals surface area contributed by atoms with Gasteiger partial charge >= 0.3 is 5.96 Å². The van der Waals surface area contributed by atoms with E-state index in [9.17, 15) is 0 Å². The summed E-state index contributed by atoms with van der Waals surface area (Å²) in [6, 6.07) is 5.94. The molecule has 1 aromatic rings. The maximum Gasteiger partial charge on any atom is 0.362 e. The van der Waals surface area contributed by atoms with Gasteiger partial charge in [-0.3, -0.25) is 11.5 Å². The Labute approximate surface area is 105 Å². The average Bonchev–Trinajstić information content (AvgIpc) is 2.81. The van der Waals surface area contributed by atoms with Crippen LogP contribution in [0, 0.1) is 0 Å². The smallest absolute Gasteiger partial charge is 0.362 e. The van der Waals surface area contributed by atoms with E-state index >= 15 is 0 Å². The number of hydrogen-bond acceptors (Lipinski definition) is 3. The third-order valence-corrected chi connectivity index (χ3v) is 2.59. The van der Waals surface area contributed by atoms with E-state index in [-0.39, 0.29) is 5.96 Å². The number of nitrogens with one attached hydrogen (secondary N) is 1. The fourth-order valence-corrected chi connectivity index (χ4v) is 1.64. The third kappa shape index (κ3) is 3.13. The molecule has 1 aliphatic heterocycles. The minimum absolute atomic E-state index is 0.0948. The molecule has 0 saturated heterocycles. The van der Waals surface area contributed by atoms with Crippen molar-refractivity contribution in [2.24, 2.45) is 16.6 Å². The molecular formula is C12H17N4O2+. The number of fused-ring (bicyclic) bond motifs is 1. The van der Waals surface area contributed by atoms with Crippen molar-refractivity contribution in [3.63, 3.8) is 0 Å². The van der Waals surface area contributed by atoms with Crippen molar-refractivity contribution >= 4 is 11.7 Å². The quantitative estimate of drug-likeness (QED) is 0.365. The summed E-state index contributed by atoms with van der Waals surface area (Å²) in [6.07, 6.45) is 1.69. The highest BCUT2D eigenvalue weighted by molar-refractivity contribution is 5.81. The summed E-state index contributed by atoms with van der Waals surface area (Å²) in [7, 11) is 0. The van der Waals surface area contributed by atoms with Crippen molar-refractivity contribution in [3.05, 3.63) is 23.8 Å². The minimum Gasteiger partial charge on any atom is -0.454 e. The van der Waals surface area contributed by atoms with Gasteiger partial charge in [0.05, 0.1) is 5.71 Å². The van der Waals surface area contributed by atoms with Crippen LogP contribution in [0.4, 0.5) is 0 Å². The molecule has 1 heterocycles. The Hall–Kier alpha value is -2.24. The number of nitrogens with zero attached hydrogens (tertiary/aromatic N) is 1. The van der Waals surface area contributed by atoms with Crippen LogP contribution in [0.3, 0.4) is 0 Å². The lowest BCUT2D eigenvalue weighted by molar-refractivity contribution is -0.464. The predicted molar refractivity (Wildman–Crippen MR) is 68.3 cm³/mol. The van der Waals surface area contributed by atoms with Gasteiger partial charge in [0.15, 0.2) is 11.5 Å². The summed E-state index contributed by atoms with van der Waals surface area (Å²) in [5.41, 5.74) is 12.6. The number of nitrogens with two attached hydrogens (primary N) is 2. The van der Waals surface area contributed by atoms with Crippen molar-refractivity contribution < 1.29 is 14.6 Å². The summed E-state index contributed by atoms with van der Waals surface area (Å²) < 4.78 is 10.6. The standard InChI is InChI=1S/C12H16N4O2/c1-8(15-16-12(13)14)2-3-9-4-5-10-11(6-9)18-7-17-10/h4-6H,2-3,7H2,1H3,(H4,13,14,16)/p+1/b15-8-. The van der Waals surface area contributed by atoms with Crippen LogP contribution in [0.15, 0.2) is 23.3 Å². The van der Waals surface area contributed by atoms with Crippen LogP contribution in [0.1, 0.15) is 18.9 Å². The molecule has 1 aromatic carbocycles. The number of benzene rings is 1. The maximum absolute atomic E-state index is 5.32. The second-order valence-electron chi connectivity index (χ2n) is 4.10. The number of rotatable bonds is 4. The Bertz CT molecular complexity index is 493. The van der Waals surface area contributed by atoms with Gasteiger partial charge in [-0.1, -0.05) is 6.07 Å². The van der Waals surface area contributed by atoms with Gasteiger partial charge in [-0.05, 0) is 37.5 Å². The van der Waals surface area contributed by atoms with E-state index in [1.807, 2.05) is 25.1 Å². The molecule has 0 unspecified atom stereocenters. The van der Waals surface area contributed by atoms with Gasteiger partial charge in [0, 0.05) is 0 Å². The second kappa shape index (κ2) is 5.39. The summed E-state index contributed by atoms with van der Waals surface area (Å²) in [4.78, 5) is 0. The summed E-state index contributed by atoms with van der Waals surface area (Å²) >= 11 is 0. The minimum atomic E-state index is 0.0948. The average molecular weight is 249 g/mol. The van der Waals surface area contributed by atoms with E-state index in [0.717, 1.165) is 30.1 Å². The van der Waals surface area contributed by atoms with E-state index in [2.05, 4.69) is 10.2 Å². The molecule has 0 aliphatic carbocycles. The molecule has 0 amide bonds. The molecule has 6 nitrogen and oxygen atoms in total. The van der Waals surface area contributed by atoms with Crippen LogP contribution in [0.5, 0.6) is 11.5 Å². The highest BCUT2D eigenvalue weighted by Crippen LogP contribution is 2.32. The number of guanidine groups is 1. The number of aryl methyl sites for hydroxylation is 1. The van der Waals surface area contributed by atoms with Gasteiger partial charge in [0.2, 0.25) is 6.79 Å². The molecule has 96 valence electrons. The van der Waals surface area contributed by atoms with Gasteiger partial charge in [0.1, 0.15) is 0 Å². The topological polar surface area (TPSA) is 96.8 Å². The molecule has 0 atom stereocenters. The SMILES string of the molecule is C/C(CCc1ccc2c(c1)OCO2)=N/[NH+]=C(N)N. The molecular weight excluding hydrogens is 232 g/mol. The van der Waals surface area contributed by atoms with Crippen molar-refractivity contribution in [1.82, 2.24) is 0 Å². The Morgan fingerprint density at radius 2 is 2.11 bits per heavy atom. The first-order chi connectivity index (χ1) is 8.65. The van der Waals surface area contributed by atoms with Crippen LogP contribution >= 0.6 is 0 Å². The molecule has 0 radical (unpaired) electrons. The fraction of sp³-hybridized carbons (Fsp3) is 0.333. The predicted octanol–water partition coefficient (Wildman–Crippen LogP) is -0.922. The number of hydrogen-bond donors (Lipinski definition) is 3. The van der Waals surface area contributed by atoms with E-state index in [1.54, 1.807) is 0 Å². The largest absolute Gasteiger partial charge is 0.454 e. The molecule has 0 spiro atoms. The molecule has 5 N–H and O–H groups in total. The first-order valence-electron chi connectivity index (χ1n) is 5.71. The zero-order valence-electron chi connectivity index (χ0n) is 10.3. The first kappa shape index (κ1) is 12.2. The van der Waals surface area contributed by atoms with Crippen LogP contribution in [-0.4, -0.2) is 18.5 Å². The van der Waals surface area contributed by atoms with Gasteiger partial charge in [-0.25, -0.2) is 0 Å². The van der Waals surface area contributed by atoms with Crippen LogP contribution in [-0.2, 0) is 6.42 Å². The molecule has 0 saturated carbocycles. The first-order valence-corrected chi connectivity index (χ1v) is 5.71. The Balaban J connectivity index is 1.94. The van der Waals surface area contributed by atoms with Crippen molar-refractivity contribution in [2.45, 2.75) is 19.8 Å². The van der Waals surface area contributed by atoms with Crippen LogP contribution in [0.2, 0.25) is 0 Å². The lowest BCUT2D eigenvalue weighted by Crippen LogP contribution is -2.72. The maximum atomic E-state index is 5.32. The number of ether oxygens (including phenoxy) is 2. The molecule has 0 bridgehead atoms. The van der Waals surface area contributed by atoms with E-state index < -0.39 is 0 Å². The Kier molecular flexibility index (Phi) is 3.66. The van der Waals surface area contributed by atoms with Gasteiger partial charge < -0.3 is 9.47 Å². The normalized spacial score (nSPS) is 13.5. The zero-order chi connectivity index (χ0) is 13.0. The monoisotopic (exact) mass is 249 g/mol. The number of hydrazone groups is 1. The lowest BCUT2D eigenvalue weighted by atomic mass is 10.1. The van der Waals surface area contributed by atoms with E-state index in [1.165, 1.54) is 5.56 Å². The summed E-state index contributed by atoms with van der Waals surface area (Å²) in [5, 5.41) is 6.57. The van der Waals surface area contributed by atoms with Crippen molar-refractivity contribution in [2.75, 3.05) is 6.79 Å².